The molecule has 0 fully saturated rings. The highest BCUT2D eigenvalue weighted by Gasteiger charge is 2.24. The molecule has 0 aromatic rings. The first kappa shape index (κ1) is 9.39. The molecule has 11 heavy (non-hydrogen) atoms. The van der Waals surface area contributed by atoms with Gasteiger partial charge in [0.05, 0.1) is 4.48 Å². The van der Waals surface area contributed by atoms with Crippen molar-refractivity contribution in [3.8, 4) is 0 Å². The third-order valence-corrected chi connectivity index (χ3v) is 3.71. The van der Waals surface area contributed by atoms with Crippen molar-refractivity contribution < 1.29 is 5.11 Å². The molecule has 0 saturated heterocycles. The molecule has 1 N–H and O–H groups in total. The molecule has 0 aliphatic heterocycles. The average Bonchev–Trinajstić information content (AvgIpc) is 1.97. The van der Waals surface area contributed by atoms with E-state index in [-0.39, 0.29) is 5.82 Å². The minimum absolute atomic E-state index is 0.198. The van der Waals surface area contributed by atoms with E-state index < -0.39 is 0 Å². The number of hydrogen-bond acceptors (Lipinski definition) is 1. The predicted octanol–water partition coefficient (Wildman–Crippen LogP) is 2.50. The van der Waals surface area contributed by atoms with E-state index in [1.165, 1.54) is 0 Å². The third-order valence-electron chi connectivity index (χ3n) is 2.13. The van der Waals surface area contributed by atoms with Crippen LogP contribution in [0.5, 0.6) is 0 Å². The molecule has 0 saturated carbocycles. The van der Waals surface area contributed by atoms with Crippen molar-refractivity contribution in [3.63, 3.8) is 0 Å². The van der Waals surface area contributed by atoms with Crippen LogP contribution in [-0.4, -0.2) is 13.0 Å². The van der Waals surface area contributed by atoms with Crippen molar-refractivity contribution in [2.75, 3.05) is 0 Å². The van der Waals surface area contributed by atoms with E-state index in [1.54, 1.807) is 0 Å². The van der Waals surface area contributed by atoms with Crippen molar-refractivity contribution in [2.24, 2.45) is 5.92 Å². The highest BCUT2D eigenvalue weighted by molar-refractivity contribution is 9.12. The molecular formula is C7H9BBr2O. The van der Waals surface area contributed by atoms with Gasteiger partial charge in [0.2, 0.25) is 0 Å². The molecule has 4 heteroatoms. The fraction of sp³-hybridized carbons (Fsp3) is 0.429. The summed E-state index contributed by atoms with van der Waals surface area (Å²) in [6.45, 7) is 2.08. The van der Waals surface area contributed by atoms with Crippen LogP contribution in [-0.2, 0) is 0 Å². The lowest BCUT2D eigenvalue weighted by Crippen LogP contribution is -2.12. The van der Waals surface area contributed by atoms with E-state index in [4.69, 9.17) is 0 Å². The topological polar surface area (TPSA) is 20.2 Å². The molecule has 1 aliphatic carbocycles. The smallest absolute Gasteiger partial charge is 0.116 e. The molecule has 0 amide bonds. The second-order valence-corrected chi connectivity index (χ2v) is 4.61. The van der Waals surface area contributed by atoms with Gasteiger partial charge < -0.3 is 5.11 Å². The Morgan fingerprint density at radius 3 is 2.64 bits per heavy atom. The highest BCUT2D eigenvalue weighted by atomic mass is 79.9. The lowest BCUT2D eigenvalue weighted by atomic mass is 9.74. The average molecular weight is 280 g/mol. The van der Waals surface area contributed by atoms with Gasteiger partial charge in [0.25, 0.3) is 0 Å². The monoisotopic (exact) mass is 278 g/mol. The molecular weight excluding hydrogens is 271 g/mol. The summed E-state index contributed by atoms with van der Waals surface area (Å²) in [6, 6.07) is 0. The first-order valence-corrected chi connectivity index (χ1v) is 5.08. The number of halogens is 2. The van der Waals surface area contributed by atoms with Crippen molar-refractivity contribution in [1.29, 1.82) is 0 Å². The summed E-state index contributed by atoms with van der Waals surface area (Å²) < 4.78 is 1.92. The molecule has 0 spiro atoms. The van der Waals surface area contributed by atoms with E-state index in [1.807, 2.05) is 13.9 Å². The van der Waals surface area contributed by atoms with Crippen LogP contribution in [0, 0.1) is 5.92 Å². The Kier molecular flexibility index (Phi) is 2.87. The van der Waals surface area contributed by atoms with E-state index >= 15 is 0 Å². The maximum absolute atomic E-state index is 9.50. The zero-order valence-corrected chi connectivity index (χ0v) is 9.61. The number of aliphatic hydroxyl groups excluding tert-OH is 1. The Hall–Kier alpha value is 0.305. The molecule has 0 heterocycles. The quantitative estimate of drug-likeness (QED) is 0.676. The van der Waals surface area contributed by atoms with Crippen molar-refractivity contribution in [3.05, 3.63) is 20.8 Å². The van der Waals surface area contributed by atoms with Gasteiger partial charge in [-0.25, -0.2) is 0 Å². The van der Waals surface area contributed by atoms with Gasteiger partial charge in [0.15, 0.2) is 0 Å². The summed E-state index contributed by atoms with van der Waals surface area (Å²) in [7, 11) is 2.01. The molecule has 0 aromatic carbocycles. The maximum atomic E-state index is 9.50. The van der Waals surface area contributed by atoms with Crippen LogP contribution in [0.2, 0.25) is 5.82 Å². The van der Waals surface area contributed by atoms with E-state index in [2.05, 4.69) is 38.8 Å². The van der Waals surface area contributed by atoms with E-state index in [0.717, 1.165) is 8.96 Å². The summed E-state index contributed by atoms with van der Waals surface area (Å²) >= 11 is 6.73. The Morgan fingerprint density at radius 2 is 2.09 bits per heavy atom. The van der Waals surface area contributed by atoms with Gasteiger partial charge in [-0.1, -0.05) is 22.9 Å². The van der Waals surface area contributed by atoms with Gasteiger partial charge in [-0.3, -0.25) is 0 Å². The highest BCUT2D eigenvalue weighted by Crippen LogP contribution is 2.39. The predicted molar refractivity (Wildman–Crippen MR) is 57.0 cm³/mol. The molecule has 60 valence electrons. The first-order valence-electron chi connectivity index (χ1n) is 3.49. The van der Waals surface area contributed by atoms with Crippen LogP contribution in [0.25, 0.3) is 0 Å². The zero-order valence-electron chi connectivity index (χ0n) is 6.44. The number of allylic oxidation sites excluding steroid dienone is 4. The van der Waals surface area contributed by atoms with Gasteiger partial charge in [-0.2, -0.15) is 0 Å². The van der Waals surface area contributed by atoms with Gasteiger partial charge >= 0.3 is 0 Å². The lowest BCUT2D eigenvalue weighted by molar-refractivity contribution is 0.368. The number of aliphatic hydroxyl groups is 1. The standard InChI is InChI=1S/C7H9BBr2O/c1-3-4(9)2-5(10)7(11)6(3)8/h2-3,6,11H,8H2,1H3/t3-,6?/m1/s1. The van der Waals surface area contributed by atoms with Crippen molar-refractivity contribution in [2.45, 2.75) is 12.7 Å². The molecule has 0 aromatic heterocycles. The molecule has 0 bridgehead atoms. The molecule has 1 rings (SSSR count). The second-order valence-electron chi connectivity index (χ2n) is 2.84. The van der Waals surface area contributed by atoms with Crippen LogP contribution in [0.15, 0.2) is 20.8 Å². The fourth-order valence-corrected chi connectivity index (χ4v) is 2.56. The van der Waals surface area contributed by atoms with Crippen LogP contribution in [0.3, 0.4) is 0 Å². The third kappa shape index (κ3) is 1.72. The summed E-state index contributed by atoms with van der Waals surface area (Å²) in [5.74, 6) is 1.01. The summed E-state index contributed by atoms with van der Waals surface area (Å²) in [5, 5.41) is 9.50. The second kappa shape index (κ2) is 3.36. The largest absolute Gasteiger partial charge is 0.512 e. The van der Waals surface area contributed by atoms with Gasteiger partial charge in [0.1, 0.15) is 13.6 Å². The maximum Gasteiger partial charge on any atom is 0.116 e. The normalized spacial score (nSPS) is 32.1. The number of hydrogen-bond donors (Lipinski definition) is 1. The van der Waals surface area contributed by atoms with Crippen LogP contribution < -0.4 is 0 Å². The Morgan fingerprint density at radius 1 is 1.55 bits per heavy atom. The fourth-order valence-electron chi connectivity index (χ4n) is 1.02. The molecule has 1 unspecified atom stereocenters. The van der Waals surface area contributed by atoms with Gasteiger partial charge in [-0.05, 0) is 38.2 Å². The molecule has 2 atom stereocenters. The number of rotatable bonds is 0. The zero-order chi connectivity index (χ0) is 8.59. The summed E-state index contributed by atoms with van der Waals surface area (Å²) in [6.07, 6.45) is 1.90. The Labute approximate surface area is 84.2 Å². The minimum Gasteiger partial charge on any atom is -0.512 e. The van der Waals surface area contributed by atoms with Gasteiger partial charge in [-0.15, -0.1) is 0 Å². The van der Waals surface area contributed by atoms with Crippen molar-refractivity contribution in [1.82, 2.24) is 0 Å². The Balaban J connectivity index is 3.01. The Bertz CT molecular complexity index is 235. The lowest BCUT2D eigenvalue weighted by Gasteiger charge is -2.24. The molecule has 1 nitrogen and oxygen atoms in total. The van der Waals surface area contributed by atoms with E-state index in [9.17, 15) is 5.11 Å². The van der Waals surface area contributed by atoms with Crippen LogP contribution in [0.1, 0.15) is 6.92 Å². The van der Waals surface area contributed by atoms with Crippen LogP contribution >= 0.6 is 31.9 Å². The van der Waals surface area contributed by atoms with Crippen LogP contribution in [0.4, 0.5) is 0 Å². The summed E-state index contributed by atoms with van der Waals surface area (Å²) in [4.78, 5) is 0. The minimum atomic E-state index is 0.198. The summed E-state index contributed by atoms with van der Waals surface area (Å²) in [5.41, 5.74) is 0. The van der Waals surface area contributed by atoms with E-state index in [0.29, 0.717) is 11.7 Å². The molecule has 0 radical (unpaired) electrons. The SMILES string of the molecule is BC1C(O)=C(Br)C=C(Br)[C@H]1C. The first-order chi connectivity index (χ1) is 5.04. The molecule has 1 aliphatic rings. The van der Waals surface area contributed by atoms with Crippen molar-refractivity contribution >= 4 is 39.7 Å². The van der Waals surface area contributed by atoms with Gasteiger partial charge in [0, 0.05) is 0 Å².